The van der Waals surface area contributed by atoms with E-state index in [2.05, 4.69) is 11.1 Å². The Kier molecular flexibility index (Phi) is 25.8. The van der Waals surface area contributed by atoms with Crippen LogP contribution in [0, 0.1) is 0 Å². The van der Waals surface area contributed by atoms with Crippen molar-refractivity contribution >= 4 is 10.4 Å². The molecular weight excluding hydrogens is 302 g/mol. The molecule has 0 atom stereocenters. The summed E-state index contributed by atoms with van der Waals surface area (Å²) in [7, 11) is -4.23. The first-order valence-corrected chi connectivity index (χ1v) is 8.04. The fraction of sp³-hybridized carbons (Fsp3) is 1.00. The Morgan fingerprint density at radius 1 is 0.895 bits per heavy atom. The van der Waals surface area contributed by atoms with Crippen molar-refractivity contribution in [3.05, 3.63) is 0 Å². The van der Waals surface area contributed by atoms with Crippen LogP contribution in [0.5, 0.6) is 0 Å². The molecule has 0 bridgehead atoms. The predicted molar refractivity (Wildman–Crippen MR) is 71.6 cm³/mol. The van der Waals surface area contributed by atoms with Crippen LogP contribution in [0.1, 0.15) is 74.0 Å². The summed E-state index contributed by atoms with van der Waals surface area (Å²) in [6.45, 7) is 2.31. The Balaban J connectivity index is -0.000000213. The maximum atomic E-state index is 10.2. The second kappa shape index (κ2) is 18.6. The normalized spacial score (nSPS) is 10.6. The van der Waals surface area contributed by atoms with Gasteiger partial charge in [-0.2, -0.15) is 8.42 Å². The molecule has 0 aliphatic rings. The maximum Gasteiger partial charge on any atom is 1.00 e. The average molecular weight is 331 g/mol. The minimum Gasteiger partial charge on any atom is -1.00 e. The Hall–Kier alpha value is 2.51. The van der Waals surface area contributed by atoms with Gasteiger partial charge in [-0.05, 0) is 6.42 Å². The minimum absolute atomic E-state index is 0. The molecular formula is C12H28KNaO4S. The first-order chi connectivity index (χ1) is 8.06. The Morgan fingerprint density at radius 3 is 1.63 bits per heavy atom. The summed E-state index contributed by atoms with van der Waals surface area (Å²) < 4.78 is 33.0. The summed E-state index contributed by atoms with van der Waals surface area (Å²) in [4.78, 5) is 0. The van der Waals surface area contributed by atoms with Gasteiger partial charge in [-0.3, -0.25) is 4.55 Å². The molecule has 0 aromatic carbocycles. The minimum atomic E-state index is -4.23. The molecule has 0 spiro atoms. The van der Waals surface area contributed by atoms with Gasteiger partial charge in [-0.15, -0.1) is 0 Å². The second-order valence-corrected chi connectivity index (χ2v) is 5.52. The largest absolute Gasteiger partial charge is 1.00 e. The van der Waals surface area contributed by atoms with E-state index >= 15 is 0 Å². The topological polar surface area (TPSA) is 63.6 Å². The molecule has 0 heterocycles. The predicted octanol–water partition coefficient (Wildman–Crippen LogP) is -2.04. The van der Waals surface area contributed by atoms with Gasteiger partial charge < -0.3 is 2.85 Å². The van der Waals surface area contributed by atoms with Crippen LogP contribution in [-0.2, 0) is 14.6 Å². The van der Waals surface area contributed by atoms with Gasteiger partial charge in [0.15, 0.2) is 0 Å². The molecule has 0 saturated carbocycles. The molecule has 19 heavy (non-hydrogen) atoms. The molecule has 0 fully saturated rings. The van der Waals surface area contributed by atoms with Gasteiger partial charge in [0.05, 0.1) is 6.61 Å². The van der Waals surface area contributed by atoms with Crippen LogP contribution >= 0.6 is 0 Å². The molecule has 0 amide bonds. The van der Waals surface area contributed by atoms with Crippen molar-refractivity contribution < 1.29 is 101 Å². The van der Waals surface area contributed by atoms with E-state index in [0.29, 0.717) is 6.42 Å². The van der Waals surface area contributed by atoms with Crippen molar-refractivity contribution in [3.8, 4) is 0 Å². The van der Waals surface area contributed by atoms with Crippen LogP contribution in [0.25, 0.3) is 0 Å². The summed E-state index contributed by atoms with van der Waals surface area (Å²) >= 11 is 0. The van der Waals surface area contributed by atoms with Crippen LogP contribution in [0.3, 0.4) is 0 Å². The SMILES string of the molecule is CCCCCCCCCCCCOS(=O)(=O)O.[H-].[H-].[K+].[Na+]. The van der Waals surface area contributed by atoms with E-state index in [4.69, 9.17) is 4.55 Å². The van der Waals surface area contributed by atoms with Crippen LogP contribution in [0.2, 0.25) is 0 Å². The Labute approximate surface area is 186 Å². The smallest absolute Gasteiger partial charge is 1.00 e. The van der Waals surface area contributed by atoms with E-state index in [1.165, 1.54) is 44.9 Å². The van der Waals surface area contributed by atoms with Gasteiger partial charge in [-0.25, -0.2) is 4.18 Å². The average Bonchev–Trinajstić information content (AvgIpc) is 2.24. The van der Waals surface area contributed by atoms with Crippen molar-refractivity contribution in [2.45, 2.75) is 71.1 Å². The zero-order valence-corrected chi connectivity index (χ0v) is 18.8. The van der Waals surface area contributed by atoms with Crippen molar-refractivity contribution in [2.24, 2.45) is 0 Å². The van der Waals surface area contributed by atoms with E-state index in [-0.39, 0.29) is 90.4 Å². The summed E-state index contributed by atoms with van der Waals surface area (Å²) in [5.41, 5.74) is 0. The summed E-state index contributed by atoms with van der Waals surface area (Å²) in [6.07, 6.45) is 11.9. The van der Waals surface area contributed by atoms with Gasteiger partial charge >= 0.3 is 91.3 Å². The van der Waals surface area contributed by atoms with E-state index in [0.717, 1.165) is 12.8 Å². The third-order valence-corrected chi connectivity index (χ3v) is 3.19. The monoisotopic (exact) mass is 330 g/mol. The molecule has 0 unspecified atom stereocenters. The molecule has 108 valence electrons. The maximum absolute atomic E-state index is 10.2. The molecule has 0 radical (unpaired) electrons. The molecule has 4 nitrogen and oxygen atoms in total. The van der Waals surface area contributed by atoms with Crippen LogP contribution in [0.15, 0.2) is 0 Å². The standard InChI is InChI=1S/C12H26O4S.K.Na.2H/c1-2-3-4-5-6-7-8-9-10-11-12-16-17(13,14)15;;;;/h2-12H2,1H3,(H,13,14,15);;;;/q;2*+1;2*-1. The first kappa shape index (κ1) is 26.4. The number of unbranched alkanes of at least 4 members (excludes halogenated alkanes) is 9. The van der Waals surface area contributed by atoms with Gasteiger partial charge in [0.2, 0.25) is 0 Å². The molecule has 0 saturated heterocycles. The van der Waals surface area contributed by atoms with Gasteiger partial charge in [0, 0.05) is 0 Å². The Morgan fingerprint density at radius 2 is 1.26 bits per heavy atom. The van der Waals surface area contributed by atoms with Gasteiger partial charge in [-0.1, -0.05) is 64.7 Å². The molecule has 0 aromatic rings. The van der Waals surface area contributed by atoms with E-state index in [1.807, 2.05) is 0 Å². The first-order valence-electron chi connectivity index (χ1n) is 6.68. The molecule has 0 aliphatic carbocycles. The number of rotatable bonds is 12. The quantitative estimate of drug-likeness (QED) is 0.254. The number of hydrogen-bond donors (Lipinski definition) is 1. The van der Waals surface area contributed by atoms with Crippen molar-refractivity contribution in [2.75, 3.05) is 6.61 Å². The van der Waals surface area contributed by atoms with Crippen LogP contribution in [-0.4, -0.2) is 19.6 Å². The zero-order chi connectivity index (χ0) is 13.0. The van der Waals surface area contributed by atoms with E-state index in [9.17, 15) is 8.42 Å². The molecule has 0 aliphatic heterocycles. The zero-order valence-electron chi connectivity index (χ0n) is 14.9. The summed E-state index contributed by atoms with van der Waals surface area (Å²) in [6, 6.07) is 0. The van der Waals surface area contributed by atoms with Crippen molar-refractivity contribution in [1.82, 2.24) is 0 Å². The summed E-state index contributed by atoms with van der Waals surface area (Å²) in [5.74, 6) is 0. The third kappa shape index (κ3) is 25.8. The summed E-state index contributed by atoms with van der Waals surface area (Å²) in [5, 5.41) is 0. The van der Waals surface area contributed by atoms with Crippen LogP contribution in [0.4, 0.5) is 0 Å². The molecule has 0 rings (SSSR count). The van der Waals surface area contributed by atoms with E-state index in [1.54, 1.807) is 0 Å². The Bertz CT molecular complexity index is 270. The molecule has 0 aromatic heterocycles. The van der Waals surface area contributed by atoms with Crippen molar-refractivity contribution in [3.63, 3.8) is 0 Å². The number of hydrogen-bond acceptors (Lipinski definition) is 3. The van der Waals surface area contributed by atoms with Gasteiger partial charge in [0.1, 0.15) is 0 Å². The molecule has 1 N–H and O–H groups in total. The van der Waals surface area contributed by atoms with Gasteiger partial charge in [0.25, 0.3) is 0 Å². The fourth-order valence-electron chi connectivity index (χ4n) is 1.75. The molecule has 7 heteroatoms. The van der Waals surface area contributed by atoms with Crippen molar-refractivity contribution in [1.29, 1.82) is 0 Å². The van der Waals surface area contributed by atoms with Crippen LogP contribution < -0.4 is 80.9 Å². The second-order valence-electron chi connectivity index (χ2n) is 4.43. The fourth-order valence-corrected chi connectivity index (χ4v) is 2.08. The van der Waals surface area contributed by atoms with E-state index < -0.39 is 10.4 Å². The third-order valence-electron chi connectivity index (χ3n) is 2.73.